The van der Waals surface area contributed by atoms with Gasteiger partial charge in [-0.05, 0) is 65.7 Å². The summed E-state index contributed by atoms with van der Waals surface area (Å²) in [4.78, 5) is 32.5. The van der Waals surface area contributed by atoms with Crippen molar-refractivity contribution in [2.24, 2.45) is 5.73 Å². The maximum Gasteiger partial charge on any atom is 0.253 e. The molecule has 0 unspecified atom stereocenters. The third kappa shape index (κ3) is 4.91. The number of nitrogens with zero attached hydrogens (tertiary/aromatic N) is 2. The lowest BCUT2D eigenvalue weighted by atomic mass is 9.95. The number of amides is 2. The Kier molecular flexibility index (Phi) is 6.90. The molecule has 188 valence electrons. The quantitative estimate of drug-likeness (QED) is 0.346. The highest BCUT2D eigenvalue weighted by Gasteiger charge is 2.20. The molecule has 2 amide bonds. The summed E-state index contributed by atoms with van der Waals surface area (Å²) in [5.74, 6) is -0.195. The van der Waals surface area contributed by atoms with Crippen molar-refractivity contribution in [3.8, 4) is 22.4 Å². The summed E-state index contributed by atoms with van der Waals surface area (Å²) in [5.41, 5.74) is 13.3. The van der Waals surface area contributed by atoms with Gasteiger partial charge in [0.15, 0.2) is 0 Å². The zero-order valence-corrected chi connectivity index (χ0v) is 21.0. The van der Waals surface area contributed by atoms with Crippen molar-refractivity contribution in [3.63, 3.8) is 0 Å². The molecule has 7 nitrogen and oxygen atoms in total. The largest absolute Gasteiger partial charge is 0.355 e. The second kappa shape index (κ2) is 10.4. The van der Waals surface area contributed by atoms with Crippen LogP contribution >= 0.6 is 0 Å². The lowest BCUT2D eigenvalue weighted by Crippen LogP contribution is -2.47. The number of aromatic nitrogens is 1. The Hall–Kier alpha value is -4.20. The van der Waals surface area contributed by atoms with E-state index in [-0.39, 0.29) is 18.4 Å². The van der Waals surface area contributed by atoms with Gasteiger partial charge in [-0.3, -0.25) is 9.59 Å². The average Bonchev–Trinajstić information content (AvgIpc) is 3.37. The molecule has 7 heteroatoms. The monoisotopic (exact) mass is 493 g/mol. The fourth-order valence-electron chi connectivity index (χ4n) is 4.89. The van der Waals surface area contributed by atoms with Crippen LogP contribution in [0.15, 0.2) is 79.4 Å². The van der Waals surface area contributed by atoms with Crippen LogP contribution in [0.2, 0.25) is 0 Å². The second-order valence-electron chi connectivity index (χ2n) is 9.35. The molecule has 2 heterocycles. The van der Waals surface area contributed by atoms with Gasteiger partial charge in [-0.1, -0.05) is 43.0 Å². The molecule has 0 atom stereocenters. The highest BCUT2D eigenvalue weighted by atomic mass is 16.2. The number of carbonyl (C=O) groups excluding carboxylic acids is 2. The third-order valence-corrected chi connectivity index (χ3v) is 7.01. The maximum atomic E-state index is 12.9. The maximum absolute atomic E-state index is 12.9. The van der Waals surface area contributed by atoms with Gasteiger partial charge in [-0.25, -0.2) is 0 Å². The molecule has 1 aliphatic rings. The lowest BCUT2D eigenvalue weighted by Gasteiger charge is -2.32. The van der Waals surface area contributed by atoms with Crippen molar-refractivity contribution in [3.05, 3.63) is 90.5 Å². The Balaban J connectivity index is 1.46. The number of benzene rings is 3. The number of aromatic amines is 1. The highest BCUT2D eigenvalue weighted by molar-refractivity contribution is 6.03. The van der Waals surface area contributed by atoms with Gasteiger partial charge in [-0.2, -0.15) is 0 Å². The first kappa shape index (κ1) is 24.5. The smallest absolute Gasteiger partial charge is 0.253 e. The number of carbonyl (C=O) groups is 2. The normalized spacial score (nSPS) is 14.1. The molecular weight excluding hydrogens is 462 g/mol. The van der Waals surface area contributed by atoms with Crippen LogP contribution in [0.1, 0.15) is 15.9 Å². The SMILES string of the molecule is C=CC(=O)Nc1cccc(-c2cccc3[nH]c(-c4ccc(C(=O)N5CCN(C)CC5)cc4)cc23)c1CN. The minimum Gasteiger partial charge on any atom is -0.355 e. The fraction of sp³-hybridized carbons (Fsp3) is 0.200. The van der Waals surface area contributed by atoms with Gasteiger partial charge >= 0.3 is 0 Å². The molecule has 1 aromatic heterocycles. The standard InChI is InChI=1S/C30H31N5O2/c1-3-29(36)33-27-9-5-7-23(25(27)19-31)22-6-4-8-26-24(22)18-28(32-26)20-10-12-21(13-11-20)30(37)35-16-14-34(2)15-17-35/h3-13,18,32H,1,14-17,19,31H2,2H3,(H,33,36). The summed E-state index contributed by atoms with van der Waals surface area (Å²) < 4.78 is 0. The average molecular weight is 494 g/mol. The predicted molar refractivity (Wildman–Crippen MR) is 149 cm³/mol. The van der Waals surface area contributed by atoms with Gasteiger partial charge in [-0.15, -0.1) is 0 Å². The van der Waals surface area contributed by atoms with Crippen LogP contribution in [-0.2, 0) is 11.3 Å². The number of anilines is 1. The molecule has 0 saturated carbocycles. The summed E-state index contributed by atoms with van der Waals surface area (Å²) in [7, 11) is 2.08. The molecule has 0 bridgehead atoms. The van der Waals surface area contributed by atoms with E-state index >= 15 is 0 Å². The van der Waals surface area contributed by atoms with E-state index in [2.05, 4.69) is 41.0 Å². The van der Waals surface area contributed by atoms with E-state index in [4.69, 9.17) is 5.73 Å². The molecule has 37 heavy (non-hydrogen) atoms. The van der Waals surface area contributed by atoms with Gasteiger partial charge in [0.25, 0.3) is 5.91 Å². The first-order chi connectivity index (χ1) is 18.0. The van der Waals surface area contributed by atoms with Gasteiger partial charge < -0.3 is 25.8 Å². The van der Waals surface area contributed by atoms with E-state index in [1.165, 1.54) is 6.08 Å². The number of piperazine rings is 1. The van der Waals surface area contributed by atoms with E-state index in [0.717, 1.165) is 65.0 Å². The molecule has 3 aromatic carbocycles. The van der Waals surface area contributed by atoms with Crippen LogP contribution in [-0.4, -0.2) is 59.8 Å². The molecule has 0 aliphatic carbocycles. The van der Waals surface area contributed by atoms with Crippen LogP contribution < -0.4 is 11.1 Å². The zero-order valence-electron chi connectivity index (χ0n) is 21.0. The van der Waals surface area contributed by atoms with Gasteiger partial charge in [0.05, 0.1) is 0 Å². The minimum atomic E-state index is -0.274. The number of H-pyrrole nitrogens is 1. The predicted octanol–water partition coefficient (Wildman–Crippen LogP) is 4.47. The summed E-state index contributed by atoms with van der Waals surface area (Å²) >= 11 is 0. The van der Waals surface area contributed by atoms with Gasteiger partial charge in [0.1, 0.15) is 0 Å². The Morgan fingerprint density at radius 1 is 1.00 bits per heavy atom. The number of hydrogen-bond donors (Lipinski definition) is 3. The van der Waals surface area contributed by atoms with Crippen molar-refractivity contribution < 1.29 is 9.59 Å². The molecule has 1 aliphatic heterocycles. The molecule has 4 N–H and O–H groups in total. The van der Waals surface area contributed by atoms with Crippen molar-refractivity contribution in [1.82, 2.24) is 14.8 Å². The van der Waals surface area contributed by atoms with Crippen LogP contribution in [0.4, 0.5) is 5.69 Å². The van der Waals surface area contributed by atoms with Crippen molar-refractivity contribution in [2.75, 3.05) is 38.5 Å². The third-order valence-electron chi connectivity index (χ3n) is 7.01. The summed E-state index contributed by atoms with van der Waals surface area (Å²) in [6.45, 7) is 7.12. The molecule has 1 fully saturated rings. The van der Waals surface area contributed by atoms with E-state index in [1.807, 2.05) is 59.5 Å². The molecular formula is C30H31N5O2. The number of rotatable bonds is 6. The van der Waals surface area contributed by atoms with E-state index in [0.29, 0.717) is 11.3 Å². The van der Waals surface area contributed by atoms with Crippen molar-refractivity contribution >= 4 is 28.4 Å². The second-order valence-corrected chi connectivity index (χ2v) is 9.35. The number of nitrogens with one attached hydrogen (secondary N) is 2. The number of fused-ring (bicyclic) bond motifs is 1. The van der Waals surface area contributed by atoms with Gasteiger partial charge in [0.2, 0.25) is 5.91 Å². The first-order valence-corrected chi connectivity index (χ1v) is 12.4. The molecule has 0 spiro atoms. The lowest BCUT2D eigenvalue weighted by molar-refractivity contribution is -0.111. The van der Waals surface area contributed by atoms with Crippen LogP contribution in [0, 0.1) is 0 Å². The molecule has 4 aromatic rings. The Morgan fingerprint density at radius 3 is 2.41 bits per heavy atom. The van der Waals surface area contributed by atoms with Crippen LogP contribution in [0.5, 0.6) is 0 Å². The Labute approximate surface area is 216 Å². The molecule has 0 radical (unpaired) electrons. The number of nitrogens with two attached hydrogens (primary N) is 1. The topological polar surface area (TPSA) is 94.5 Å². The Bertz CT molecular complexity index is 1460. The molecule has 1 saturated heterocycles. The summed E-state index contributed by atoms with van der Waals surface area (Å²) in [6.07, 6.45) is 1.25. The first-order valence-electron chi connectivity index (χ1n) is 12.4. The number of likely N-dealkylation sites (N-methyl/N-ethyl adjacent to an activating group) is 1. The highest BCUT2D eigenvalue weighted by Crippen LogP contribution is 2.36. The van der Waals surface area contributed by atoms with Crippen LogP contribution in [0.3, 0.4) is 0 Å². The summed E-state index contributed by atoms with van der Waals surface area (Å²) in [6, 6.07) is 21.8. The summed E-state index contributed by atoms with van der Waals surface area (Å²) in [5, 5.41) is 3.92. The Morgan fingerprint density at radius 2 is 1.70 bits per heavy atom. The van der Waals surface area contributed by atoms with E-state index < -0.39 is 0 Å². The zero-order chi connectivity index (χ0) is 25.9. The van der Waals surface area contributed by atoms with Crippen molar-refractivity contribution in [2.45, 2.75) is 6.54 Å². The van der Waals surface area contributed by atoms with E-state index in [1.54, 1.807) is 0 Å². The fourth-order valence-corrected chi connectivity index (χ4v) is 4.89. The van der Waals surface area contributed by atoms with Crippen LogP contribution in [0.25, 0.3) is 33.3 Å². The van der Waals surface area contributed by atoms with E-state index in [9.17, 15) is 9.59 Å². The number of hydrogen-bond acceptors (Lipinski definition) is 4. The molecule has 5 rings (SSSR count). The van der Waals surface area contributed by atoms with Crippen molar-refractivity contribution in [1.29, 1.82) is 0 Å². The van der Waals surface area contributed by atoms with Gasteiger partial charge in [0, 0.05) is 60.6 Å². The minimum absolute atomic E-state index is 0.0799.